The molecule has 0 amide bonds. The summed E-state index contributed by atoms with van der Waals surface area (Å²) >= 11 is 7.05. The summed E-state index contributed by atoms with van der Waals surface area (Å²) in [5, 5.41) is 7.48. The van der Waals surface area contributed by atoms with E-state index >= 15 is 0 Å². The minimum absolute atomic E-state index is 0.0756. The molecule has 0 unspecified atom stereocenters. The lowest BCUT2D eigenvalue weighted by molar-refractivity contribution is 0.102. The van der Waals surface area contributed by atoms with E-state index in [4.69, 9.17) is 16.3 Å². The molecule has 1 aromatic heterocycles. The predicted molar refractivity (Wildman–Crippen MR) is 121 cm³/mol. The number of ether oxygens (including phenoxy) is 1. The lowest BCUT2D eigenvalue weighted by atomic mass is 10.1. The molecule has 0 spiro atoms. The Kier molecular flexibility index (Phi) is 6.54. The van der Waals surface area contributed by atoms with Crippen molar-refractivity contribution in [2.75, 3.05) is 5.75 Å². The highest BCUT2D eigenvalue weighted by atomic mass is 35.5. The molecule has 0 bridgehead atoms. The Bertz CT molecular complexity index is 1220. The van der Waals surface area contributed by atoms with Crippen LogP contribution in [0.2, 0.25) is 5.02 Å². The Hall–Kier alpha value is -3.29. The smallest absolute Gasteiger partial charge is 0.348 e. The number of ketones is 1. The number of Topliss-reactive ketones (excluding diaryl/α,β-unsaturated/α-hetero) is 1. The molecule has 3 aromatic carbocycles. The zero-order chi connectivity index (χ0) is 21.6. The van der Waals surface area contributed by atoms with E-state index in [1.165, 1.54) is 16.3 Å². The minimum atomic E-state index is -0.376. The molecule has 4 aromatic rings. The van der Waals surface area contributed by atoms with Gasteiger partial charge in [0.15, 0.2) is 10.9 Å². The van der Waals surface area contributed by atoms with Crippen LogP contribution < -0.4 is 10.4 Å². The fourth-order valence-corrected chi connectivity index (χ4v) is 3.87. The van der Waals surface area contributed by atoms with Gasteiger partial charge in [-0.2, -0.15) is 0 Å². The molecule has 1 N–H and O–H groups in total. The quantitative estimate of drug-likeness (QED) is 0.308. The van der Waals surface area contributed by atoms with Crippen molar-refractivity contribution in [3.63, 3.8) is 0 Å². The van der Waals surface area contributed by atoms with Gasteiger partial charge in [0.1, 0.15) is 12.4 Å². The molecule has 0 saturated carbocycles. The van der Waals surface area contributed by atoms with Gasteiger partial charge in [0, 0.05) is 10.6 Å². The Balaban J connectivity index is 1.44. The van der Waals surface area contributed by atoms with E-state index in [1.807, 2.05) is 30.3 Å². The first kappa shape index (κ1) is 21.0. The molecule has 0 radical (unpaired) electrons. The number of nitrogens with zero attached hydrogens (tertiary/aromatic N) is 2. The molecular weight excluding hydrogens is 434 g/mol. The summed E-state index contributed by atoms with van der Waals surface area (Å²) in [6.07, 6.45) is 0. The van der Waals surface area contributed by atoms with Gasteiger partial charge in [0.2, 0.25) is 0 Å². The van der Waals surface area contributed by atoms with Crippen LogP contribution in [0.1, 0.15) is 15.9 Å². The Morgan fingerprint density at radius 1 is 1.00 bits per heavy atom. The van der Waals surface area contributed by atoms with E-state index in [0.717, 1.165) is 5.56 Å². The van der Waals surface area contributed by atoms with Crippen molar-refractivity contribution in [1.82, 2.24) is 14.8 Å². The standard InChI is InChI=1S/C23H18ClN3O3S/c24-18-8-6-17(7-9-18)21(28)15-31-23-26-25-22(29)27(23)19-10-12-20(13-11-19)30-14-16-4-2-1-3-5-16/h1-13H,14-15H2,(H,25,29). The lowest BCUT2D eigenvalue weighted by Crippen LogP contribution is -2.16. The molecule has 8 heteroatoms. The Labute approximate surface area is 187 Å². The summed E-state index contributed by atoms with van der Waals surface area (Å²) in [5.41, 5.74) is 1.88. The van der Waals surface area contributed by atoms with Crippen molar-refractivity contribution in [3.8, 4) is 11.4 Å². The number of benzene rings is 3. The molecule has 156 valence electrons. The van der Waals surface area contributed by atoms with E-state index in [-0.39, 0.29) is 17.2 Å². The number of carbonyl (C=O) groups excluding carboxylic acids is 1. The maximum atomic E-state index is 12.4. The number of nitrogens with one attached hydrogen (secondary N) is 1. The largest absolute Gasteiger partial charge is 0.489 e. The van der Waals surface area contributed by atoms with Gasteiger partial charge in [0.25, 0.3) is 0 Å². The summed E-state index contributed by atoms with van der Waals surface area (Å²) in [4.78, 5) is 24.7. The Morgan fingerprint density at radius 2 is 1.71 bits per heavy atom. The first-order chi connectivity index (χ1) is 15.1. The molecular formula is C23H18ClN3O3S. The van der Waals surface area contributed by atoms with Crippen molar-refractivity contribution < 1.29 is 9.53 Å². The normalized spacial score (nSPS) is 10.7. The zero-order valence-electron chi connectivity index (χ0n) is 16.3. The van der Waals surface area contributed by atoms with Crippen molar-refractivity contribution >= 4 is 29.1 Å². The number of halogens is 1. The molecule has 31 heavy (non-hydrogen) atoms. The summed E-state index contributed by atoms with van der Waals surface area (Å²) < 4.78 is 7.22. The lowest BCUT2D eigenvalue weighted by Gasteiger charge is -2.09. The van der Waals surface area contributed by atoms with Crippen LogP contribution in [0.15, 0.2) is 88.8 Å². The maximum absolute atomic E-state index is 12.4. The van der Waals surface area contributed by atoms with Crippen LogP contribution in [-0.2, 0) is 6.61 Å². The third-order valence-electron chi connectivity index (χ3n) is 4.48. The number of carbonyl (C=O) groups is 1. The fraction of sp³-hybridized carbons (Fsp3) is 0.0870. The highest BCUT2D eigenvalue weighted by Gasteiger charge is 2.14. The van der Waals surface area contributed by atoms with E-state index in [0.29, 0.717) is 33.8 Å². The topological polar surface area (TPSA) is 77.0 Å². The van der Waals surface area contributed by atoms with Crippen LogP contribution in [-0.4, -0.2) is 26.3 Å². The van der Waals surface area contributed by atoms with E-state index in [9.17, 15) is 9.59 Å². The van der Waals surface area contributed by atoms with Gasteiger partial charge in [-0.05, 0) is 54.1 Å². The van der Waals surface area contributed by atoms with Crippen LogP contribution in [0.5, 0.6) is 5.75 Å². The van der Waals surface area contributed by atoms with Gasteiger partial charge in [-0.1, -0.05) is 53.7 Å². The summed E-state index contributed by atoms with van der Waals surface area (Å²) in [6.45, 7) is 0.458. The van der Waals surface area contributed by atoms with Gasteiger partial charge >= 0.3 is 5.69 Å². The van der Waals surface area contributed by atoms with Gasteiger partial charge in [-0.15, -0.1) is 5.10 Å². The highest BCUT2D eigenvalue weighted by molar-refractivity contribution is 7.99. The molecule has 0 saturated heterocycles. The van der Waals surface area contributed by atoms with Crippen molar-refractivity contribution in [3.05, 3.63) is 105 Å². The number of aromatic amines is 1. The second kappa shape index (κ2) is 9.68. The van der Waals surface area contributed by atoms with Crippen LogP contribution >= 0.6 is 23.4 Å². The van der Waals surface area contributed by atoms with Crippen LogP contribution in [0.4, 0.5) is 0 Å². The number of H-pyrrole nitrogens is 1. The van der Waals surface area contributed by atoms with Crippen molar-refractivity contribution in [1.29, 1.82) is 0 Å². The van der Waals surface area contributed by atoms with E-state index < -0.39 is 0 Å². The number of thioether (sulfide) groups is 1. The SMILES string of the molecule is O=C(CSc1n[nH]c(=O)n1-c1ccc(OCc2ccccc2)cc1)c1ccc(Cl)cc1. The molecule has 0 aliphatic rings. The van der Waals surface area contributed by atoms with Crippen LogP contribution in [0, 0.1) is 0 Å². The third kappa shape index (κ3) is 5.25. The number of hydrogen-bond acceptors (Lipinski definition) is 5. The molecule has 6 nitrogen and oxygen atoms in total. The van der Waals surface area contributed by atoms with Crippen molar-refractivity contribution in [2.24, 2.45) is 0 Å². The van der Waals surface area contributed by atoms with Gasteiger partial charge in [-0.3, -0.25) is 4.79 Å². The van der Waals surface area contributed by atoms with E-state index in [2.05, 4.69) is 10.2 Å². The number of hydrogen-bond donors (Lipinski definition) is 1. The number of aromatic nitrogens is 3. The monoisotopic (exact) mass is 451 g/mol. The molecule has 1 heterocycles. The predicted octanol–water partition coefficient (Wildman–Crippen LogP) is 4.77. The third-order valence-corrected chi connectivity index (χ3v) is 5.67. The first-order valence-corrected chi connectivity index (χ1v) is 10.8. The zero-order valence-corrected chi connectivity index (χ0v) is 17.9. The summed E-state index contributed by atoms with van der Waals surface area (Å²) in [5.74, 6) is 0.758. The maximum Gasteiger partial charge on any atom is 0.348 e. The number of rotatable bonds is 8. The second-order valence-corrected chi connectivity index (χ2v) is 8.01. The molecule has 4 rings (SSSR count). The average molecular weight is 452 g/mol. The minimum Gasteiger partial charge on any atom is -0.489 e. The van der Waals surface area contributed by atoms with E-state index in [1.54, 1.807) is 48.5 Å². The molecule has 0 fully saturated rings. The highest BCUT2D eigenvalue weighted by Crippen LogP contribution is 2.22. The summed E-state index contributed by atoms with van der Waals surface area (Å²) in [6, 6.07) is 23.7. The average Bonchev–Trinajstić information content (AvgIpc) is 3.18. The van der Waals surface area contributed by atoms with Gasteiger partial charge < -0.3 is 4.74 Å². The molecule has 0 aliphatic carbocycles. The van der Waals surface area contributed by atoms with Gasteiger partial charge in [0.05, 0.1) is 11.4 Å². The van der Waals surface area contributed by atoms with Crippen molar-refractivity contribution in [2.45, 2.75) is 11.8 Å². The molecule has 0 atom stereocenters. The fourth-order valence-electron chi connectivity index (χ4n) is 2.89. The van der Waals surface area contributed by atoms with Gasteiger partial charge in [-0.25, -0.2) is 14.5 Å². The van der Waals surface area contributed by atoms with Crippen LogP contribution in [0.25, 0.3) is 5.69 Å². The Morgan fingerprint density at radius 3 is 2.42 bits per heavy atom. The second-order valence-electron chi connectivity index (χ2n) is 6.63. The van der Waals surface area contributed by atoms with Crippen LogP contribution in [0.3, 0.4) is 0 Å². The summed E-state index contributed by atoms with van der Waals surface area (Å²) in [7, 11) is 0. The first-order valence-electron chi connectivity index (χ1n) is 9.46. The molecule has 0 aliphatic heterocycles.